The van der Waals surface area contributed by atoms with E-state index >= 15 is 0 Å². The largest absolute Gasteiger partial charge is 0.339 e. The average molecular weight is 974 g/mol. The summed E-state index contributed by atoms with van der Waals surface area (Å²) in [6, 6.07) is 89.5. The fourth-order valence-corrected chi connectivity index (χ4v) is 10.8. The maximum absolute atomic E-state index is 5.32. The Labute approximate surface area is 439 Å². The Morgan fingerprint density at radius 3 is 1.49 bits per heavy atom. The maximum atomic E-state index is 5.32. The van der Waals surface area contributed by atoms with Gasteiger partial charge in [-0.2, -0.15) is 0 Å². The second-order valence-corrected chi connectivity index (χ2v) is 19.0. The first-order valence-corrected chi connectivity index (χ1v) is 25.7. The lowest BCUT2D eigenvalue weighted by atomic mass is 9.98. The molecule has 1 N–H and O–H groups in total. The van der Waals surface area contributed by atoms with Gasteiger partial charge in [0.25, 0.3) is 0 Å². The van der Waals surface area contributed by atoms with Crippen LogP contribution in [0.25, 0.3) is 112 Å². The van der Waals surface area contributed by atoms with Gasteiger partial charge < -0.3 is 14.5 Å². The molecule has 0 saturated carbocycles. The highest BCUT2D eigenvalue weighted by atomic mass is 15.0. The number of aliphatic imine (C=N–C) groups is 1. The van der Waals surface area contributed by atoms with Crippen LogP contribution < -0.4 is 5.32 Å². The van der Waals surface area contributed by atoms with E-state index in [-0.39, 0.29) is 0 Å². The number of nitrogens with zero attached hydrogens (tertiary/aromatic N) is 6. The van der Waals surface area contributed by atoms with Crippen molar-refractivity contribution in [3.63, 3.8) is 0 Å². The zero-order chi connectivity index (χ0) is 50.4. The minimum Gasteiger partial charge on any atom is -0.339 e. The molecule has 0 spiro atoms. The topological polar surface area (TPSA) is 72.9 Å². The van der Waals surface area contributed by atoms with Gasteiger partial charge in [-0.25, -0.2) is 19.9 Å². The SMILES string of the molecule is C1=C(c2ccccc2)N=C(c2ccccc2)NC(c2cccc3c2c2cc(-c4ccc5c(c4)c4ccccc4n5-c4cccc(-c5nc(-c6ccccc6)nc(-c6ccccc6)n5)c4)ccc2n3-c2ccccc2)=CC1. The monoisotopic (exact) mass is 973 g/mol. The maximum Gasteiger partial charge on any atom is 0.164 e. The fourth-order valence-electron chi connectivity index (χ4n) is 10.8. The molecule has 4 heterocycles. The molecule has 0 fully saturated rings. The lowest BCUT2D eigenvalue weighted by molar-refractivity contribution is 1.07. The first-order chi connectivity index (χ1) is 37.7. The molecule has 10 aromatic carbocycles. The Kier molecular flexibility index (Phi) is 11.1. The number of fused-ring (bicyclic) bond motifs is 6. The molecule has 7 nitrogen and oxygen atoms in total. The van der Waals surface area contributed by atoms with E-state index in [2.05, 4.69) is 209 Å². The Morgan fingerprint density at radius 1 is 0.329 bits per heavy atom. The van der Waals surface area contributed by atoms with E-state index in [1.165, 1.54) is 21.5 Å². The van der Waals surface area contributed by atoms with Crippen LogP contribution in [0.4, 0.5) is 0 Å². The summed E-state index contributed by atoms with van der Waals surface area (Å²) in [4.78, 5) is 20.4. The predicted molar refractivity (Wildman–Crippen MR) is 313 cm³/mol. The second kappa shape index (κ2) is 19.0. The number of benzene rings is 10. The Morgan fingerprint density at radius 2 is 0.816 bits per heavy atom. The van der Waals surface area contributed by atoms with Crippen LogP contribution in [0.15, 0.2) is 272 Å². The highest BCUT2D eigenvalue weighted by molar-refractivity contribution is 6.17. The van der Waals surface area contributed by atoms with E-state index in [4.69, 9.17) is 19.9 Å². The lowest BCUT2D eigenvalue weighted by Crippen LogP contribution is -2.24. The number of hydrogen-bond acceptors (Lipinski definition) is 5. The molecule has 0 saturated heterocycles. The molecule has 0 bridgehead atoms. The first-order valence-electron chi connectivity index (χ1n) is 25.7. The Bertz CT molecular complexity index is 4360. The summed E-state index contributed by atoms with van der Waals surface area (Å²) in [7, 11) is 0. The number of hydrogen-bond donors (Lipinski definition) is 1. The molecule has 0 radical (unpaired) electrons. The zero-order valence-corrected chi connectivity index (χ0v) is 41.3. The van der Waals surface area contributed by atoms with Crippen molar-refractivity contribution in [3.05, 3.63) is 284 Å². The average Bonchev–Trinajstić information content (AvgIpc) is 4.11. The number of para-hydroxylation sites is 2. The minimum absolute atomic E-state index is 0.616. The van der Waals surface area contributed by atoms with Crippen molar-refractivity contribution in [2.45, 2.75) is 6.42 Å². The highest BCUT2D eigenvalue weighted by Crippen LogP contribution is 2.41. The Hall–Kier alpha value is -10.2. The Balaban J connectivity index is 0.903. The van der Waals surface area contributed by atoms with Crippen molar-refractivity contribution in [3.8, 4) is 56.7 Å². The van der Waals surface area contributed by atoms with Crippen LogP contribution in [0.5, 0.6) is 0 Å². The van der Waals surface area contributed by atoms with E-state index in [0.29, 0.717) is 23.9 Å². The molecule has 3 aromatic heterocycles. The van der Waals surface area contributed by atoms with E-state index < -0.39 is 0 Å². The van der Waals surface area contributed by atoms with Crippen molar-refractivity contribution in [2.75, 3.05) is 0 Å². The second-order valence-electron chi connectivity index (χ2n) is 19.0. The molecule has 0 unspecified atom stereocenters. The number of allylic oxidation sites excluding steroid dienone is 2. The summed E-state index contributed by atoms with van der Waals surface area (Å²) in [6.07, 6.45) is 5.24. The summed E-state index contributed by atoms with van der Waals surface area (Å²) in [5, 5.41) is 8.56. The van der Waals surface area contributed by atoms with Gasteiger partial charge in [0.2, 0.25) is 0 Å². The van der Waals surface area contributed by atoms with Gasteiger partial charge in [-0.15, -0.1) is 0 Å². The van der Waals surface area contributed by atoms with Crippen LogP contribution in [0.2, 0.25) is 0 Å². The van der Waals surface area contributed by atoms with Gasteiger partial charge in [-0.1, -0.05) is 206 Å². The molecule has 0 amide bonds. The van der Waals surface area contributed by atoms with Crippen molar-refractivity contribution < 1.29 is 0 Å². The fraction of sp³-hybridized carbons (Fsp3) is 0.0145. The third-order valence-corrected chi connectivity index (χ3v) is 14.4. The highest BCUT2D eigenvalue weighted by Gasteiger charge is 2.22. The molecule has 14 rings (SSSR count). The molecular weight excluding hydrogens is 927 g/mol. The van der Waals surface area contributed by atoms with Gasteiger partial charge in [-0.3, -0.25) is 0 Å². The lowest BCUT2D eigenvalue weighted by Gasteiger charge is -2.18. The van der Waals surface area contributed by atoms with Crippen molar-refractivity contribution >= 4 is 60.8 Å². The van der Waals surface area contributed by atoms with Crippen LogP contribution in [-0.2, 0) is 0 Å². The zero-order valence-electron chi connectivity index (χ0n) is 41.3. The predicted octanol–water partition coefficient (Wildman–Crippen LogP) is 16.6. The summed E-state index contributed by atoms with van der Waals surface area (Å²) in [5.41, 5.74) is 16.8. The third-order valence-electron chi connectivity index (χ3n) is 14.4. The first kappa shape index (κ1) is 44.5. The summed E-state index contributed by atoms with van der Waals surface area (Å²) in [5.74, 6) is 2.68. The number of aromatic nitrogens is 5. The van der Waals surface area contributed by atoms with Crippen LogP contribution in [-0.4, -0.2) is 29.9 Å². The molecular formula is C69H47N7. The van der Waals surface area contributed by atoms with Gasteiger partial charge in [0.15, 0.2) is 17.5 Å². The molecule has 0 aliphatic carbocycles. The van der Waals surface area contributed by atoms with Crippen molar-refractivity contribution in [2.24, 2.45) is 4.99 Å². The van der Waals surface area contributed by atoms with Gasteiger partial charge in [0.1, 0.15) is 5.84 Å². The van der Waals surface area contributed by atoms with E-state index in [9.17, 15) is 0 Å². The molecule has 1 aliphatic heterocycles. The minimum atomic E-state index is 0.616. The molecule has 13 aromatic rings. The number of rotatable bonds is 9. The molecule has 358 valence electrons. The molecule has 0 atom stereocenters. The van der Waals surface area contributed by atoms with E-state index in [0.717, 1.165) is 95.2 Å². The van der Waals surface area contributed by atoms with Gasteiger partial charge >= 0.3 is 0 Å². The van der Waals surface area contributed by atoms with E-state index in [1.807, 2.05) is 72.8 Å². The molecule has 1 aliphatic rings. The summed E-state index contributed by atoms with van der Waals surface area (Å²) < 4.78 is 4.76. The van der Waals surface area contributed by atoms with Gasteiger partial charge in [-0.05, 0) is 83.8 Å². The number of nitrogens with one attached hydrogen (secondary N) is 1. The van der Waals surface area contributed by atoms with E-state index in [1.54, 1.807) is 0 Å². The van der Waals surface area contributed by atoms with Crippen molar-refractivity contribution in [1.82, 2.24) is 29.4 Å². The molecule has 76 heavy (non-hydrogen) atoms. The quantitative estimate of drug-likeness (QED) is 0.156. The van der Waals surface area contributed by atoms with Crippen molar-refractivity contribution in [1.29, 1.82) is 0 Å². The third kappa shape index (κ3) is 8.04. The van der Waals surface area contributed by atoms with Gasteiger partial charge in [0, 0.05) is 66.4 Å². The summed E-state index contributed by atoms with van der Waals surface area (Å²) >= 11 is 0. The van der Waals surface area contributed by atoms with Gasteiger partial charge in [0.05, 0.1) is 27.8 Å². The molecule has 7 heteroatoms. The van der Waals surface area contributed by atoms with Crippen LogP contribution >= 0.6 is 0 Å². The van der Waals surface area contributed by atoms with Crippen LogP contribution in [0.1, 0.15) is 23.1 Å². The smallest absolute Gasteiger partial charge is 0.164 e. The standard InChI is InChI=1S/C69H47N7/c1-6-21-46(22-7-1)59-35-20-36-60(71-66(70-59)47-23-8-2-9-24-47)56-34-19-38-64-65(56)58-45-51(40-42-63(58)75(64)53-30-14-5-15-31-53)50-39-41-62-57(44-50)55-33-16-17-37-61(55)76(62)54-32-18-29-52(43-54)69-73-67(48-25-10-3-11-26-48)72-68(74-69)49-27-12-4-13-28-49/h1-19,21-45H,20H2,(H,70,71). The van der Waals surface area contributed by atoms with Crippen LogP contribution in [0, 0.1) is 0 Å². The normalized spacial score (nSPS) is 12.8. The number of amidine groups is 1. The summed E-state index contributed by atoms with van der Waals surface area (Å²) in [6.45, 7) is 0. The van der Waals surface area contributed by atoms with Crippen LogP contribution in [0.3, 0.4) is 0 Å².